The minimum absolute atomic E-state index is 0.172. The molecule has 0 saturated carbocycles. The predicted octanol–water partition coefficient (Wildman–Crippen LogP) is 2.80. The van der Waals surface area contributed by atoms with Crippen molar-refractivity contribution in [3.8, 4) is 5.75 Å². The van der Waals surface area contributed by atoms with Crippen molar-refractivity contribution in [3.05, 3.63) is 54.1 Å². The summed E-state index contributed by atoms with van der Waals surface area (Å²) in [6.07, 6.45) is 0. The van der Waals surface area contributed by atoms with Crippen molar-refractivity contribution in [2.75, 3.05) is 39.1 Å². The summed E-state index contributed by atoms with van der Waals surface area (Å²) in [6.45, 7) is 5.17. The molecule has 7 nitrogen and oxygen atoms in total. The van der Waals surface area contributed by atoms with Crippen molar-refractivity contribution in [2.45, 2.75) is 25.3 Å². The second-order valence-corrected chi connectivity index (χ2v) is 8.62. The summed E-state index contributed by atoms with van der Waals surface area (Å²) in [6, 6.07) is 14.0. The summed E-state index contributed by atoms with van der Waals surface area (Å²) in [7, 11) is -0.0966. The number of sulfonamides is 1. The van der Waals surface area contributed by atoms with E-state index in [0.717, 1.165) is 11.3 Å². The van der Waals surface area contributed by atoms with Gasteiger partial charge in [-0.3, -0.25) is 9.69 Å². The normalized spacial score (nSPS) is 11.7. The Morgan fingerprint density at radius 2 is 1.72 bits per heavy atom. The highest BCUT2D eigenvalue weighted by atomic mass is 32.2. The van der Waals surface area contributed by atoms with E-state index in [1.807, 2.05) is 36.2 Å². The van der Waals surface area contributed by atoms with Crippen molar-refractivity contribution >= 4 is 21.6 Å². The maximum Gasteiger partial charge on any atom is 0.243 e. The quantitative estimate of drug-likeness (QED) is 0.641. The number of nitrogens with one attached hydrogen (secondary N) is 1. The van der Waals surface area contributed by atoms with Crippen LogP contribution in [0.15, 0.2) is 53.4 Å². The van der Waals surface area contributed by atoms with Crippen LogP contribution in [0.5, 0.6) is 5.75 Å². The van der Waals surface area contributed by atoms with Crippen LogP contribution in [0.1, 0.15) is 19.4 Å². The number of anilines is 1. The number of ether oxygens (including phenoxy) is 1. The number of amides is 1. The fraction of sp³-hybridized carbons (Fsp3) is 0.381. The molecule has 0 spiro atoms. The van der Waals surface area contributed by atoms with Gasteiger partial charge >= 0.3 is 0 Å². The molecule has 0 aliphatic carbocycles. The Bertz CT molecular complexity index is 910. The SMILES string of the molecule is CCN(CC)S(=O)(=O)c1cccc(NC(=O)CN(C)Cc2ccc(OC)cc2)c1. The first kappa shape index (κ1) is 22.9. The highest BCUT2D eigenvalue weighted by Gasteiger charge is 2.21. The third kappa shape index (κ3) is 6.28. The van der Waals surface area contributed by atoms with Crippen LogP contribution in [0.25, 0.3) is 0 Å². The van der Waals surface area contributed by atoms with Gasteiger partial charge < -0.3 is 10.1 Å². The zero-order valence-electron chi connectivity index (χ0n) is 17.4. The largest absolute Gasteiger partial charge is 0.497 e. The summed E-state index contributed by atoms with van der Waals surface area (Å²) in [5.41, 5.74) is 1.52. The number of methoxy groups -OCH3 is 1. The van der Waals surface area contributed by atoms with Crippen molar-refractivity contribution in [1.29, 1.82) is 0 Å². The van der Waals surface area contributed by atoms with Gasteiger partial charge in [0, 0.05) is 25.3 Å². The van der Waals surface area contributed by atoms with Crippen molar-refractivity contribution < 1.29 is 17.9 Å². The number of rotatable bonds is 10. The number of carbonyl (C=O) groups excluding carboxylic acids is 1. The molecule has 0 radical (unpaired) electrons. The van der Waals surface area contributed by atoms with Crippen LogP contribution in [-0.2, 0) is 21.4 Å². The van der Waals surface area contributed by atoms with E-state index in [1.165, 1.54) is 10.4 Å². The minimum Gasteiger partial charge on any atom is -0.497 e. The molecule has 0 heterocycles. The van der Waals surface area contributed by atoms with Gasteiger partial charge in [0.25, 0.3) is 0 Å². The van der Waals surface area contributed by atoms with Crippen molar-refractivity contribution in [3.63, 3.8) is 0 Å². The molecular weight excluding hydrogens is 390 g/mol. The number of nitrogens with zero attached hydrogens (tertiary/aromatic N) is 2. The molecule has 0 aromatic heterocycles. The molecule has 1 amide bonds. The molecule has 0 fully saturated rings. The number of carbonyl (C=O) groups is 1. The molecule has 0 bridgehead atoms. The number of hydrogen-bond donors (Lipinski definition) is 1. The third-order valence-corrected chi connectivity index (χ3v) is 6.53. The molecule has 0 aliphatic rings. The lowest BCUT2D eigenvalue weighted by Gasteiger charge is -2.19. The molecule has 0 atom stereocenters. The van der Waals surface area contributed by atoms with Gasteiger partial charge in [-0.2, -0.15) is 4.31 Å². The lowest BCUT2D eigenvalue weighted by molar-refractivity contribution is -0.117. The molecule has 0 aliphatic heterocycles. The van der Waals surface area contributed by atoms with Gasteiger partial charge in [0.15, 0.2) is 0 Å². The average Bonchev–Trinajstić information content (AvgIpc) is 2.69. The standard InChI is InChI=1S/C21H29N3O4S/c1-5-24(6-2)29(26,27)20-9-7-8-18(14-20)22-21(25)16-23(3)15-17-10-12-19(28-4)13-11-17/h7-14H,5-6,15-16H2,1-4H3,(H,22,25). The van der Waals surface area contributed by atoms with E-state index in [4.69, 9.17) is 4.74 Å². The fourth-order valence-electron chi connectivity index (χ4n) is 2.99. The summed E-state index contributed by atoms with van der Waals surface area (Å²) in [4.78, 5) is 14.4. The monoisotopic (exact) mass is 419 g/mol. The number of benzene rings is 2. The van der Waals surface area contributed by atoms with Gasteiger partial charge in [0.1, 0.15) is 5.75 Å². The van der Waals surface area contributed by atoms with Gasteiger partial charge in [-0.15, -0.1) is 0 Å². The summed E-state index contributed by atoms with van der Waals surface area (Å²) in [5, 5.41) is 2.78. The third-order valence-electron chi connectivity index (χ3n) is 4.49. The van der Waals surface area contributed by atoms with E-state index in [2.05, 4.69) is 5.32 Å². The lowest BCUT2D eigenvalue weighted by Crippen LogP contribution is -2.31. The summed E-state index contributed by atoms with van der Waals surface area (Å²) < 4.78 is 31.8. The molecule has 29 heavy (non-hydrogen) atoms. The lowest BCUT2D eigenvalue weighted by atomic mass is 10.2. The average molecular weight is 420 g/mol. The molecule has 1 N–H and O–H groups in total. The van der Waals surface area contributed by atoms with Crippen molar-refractivity contribution in [2.24, 2.45) is 0 Å². The smallest absolute Gasteiger partial charge is 0.243 e. The first-order valence-corrected chi connectivity index (χ1v) is 11.0. The molecule has 2 aromatic carbocycles. The first-order valence-electron chi connectivity index (χ1n) is 9.51. The van der Waals surface area contributed by atoms with E-state index in [9.17, 15) is 13.2 Å². The van der Waals surface area contributed by atoms with E-state index in [0.29, 0.717) is 25.3 Å². The molecule has 0 unspecified atom stereocenters. The van der Waals surface area contributed by atoms with Crippen LogP contribution in [0, 0.1) is 0 Å². The minimum atomic E-state index is -3.57. The van der Waals surface area contributed by atoms with Gasteiger partial charge in [-0.05, 0) is 42.9 Å². The Balaban J connectivity index is 1.99. The zero-order chi connectivity index (χ0) is 21.4. The van der Waals surface area contributed by atoms with Crippen LogP contribution < -0.4 is 10.1 Å². The Kier molecular flexibility index (Phi) is 8.19. The number of likely N-dealkylation sites (N-methyl/N-ethyl adjacent to an activating group) is 1. The molecule has 2 rings (SSSR count). The van der Waals surface area contributed by atoms with Gasteiger partial charge in [0.05, 0.1) is 18.6 Å². The van der Waals surface area contributed by atoms with Gasteiger partial charge in [-0.1, -0.05) is 32.0 Å². The molecular formula is C21H29N3O4S. The van der Waals surface area contributed by atoms with E-state index < -0.39 is 10.0 Å². The first-order chi connectivity index (χ1) is 13.8. The Labute approximate surface area is 173 Å². The maximum atomic E-state index is 12.7. The maximum absolute atomic E-state index is 12.7. The fourth-order valence-corrected chi connectivity index (χ4v) is 4.50. The summed E-state index contributed by atoms with van der Waals surface area (Å²) in [5.74, 6) is 0.576. The van der Waals surface area contributed by atoms with Crippen LogP contribution in [-0.4, -0.2) is 57.3 Å². The number of hydrogen-bond acceptors (Lipinski definition) is 5. The van der Waals surface area contributed by atoms with Gasteiger partial charge in [0.2, 0.25) is 15.9 Å². The predicted molar refractivity (Wildman–Crippen MR) is 115 cm³/mol. The van der Waals surface area contributed by atoms with Crippen LogP contribution >= 0.6 is 0 Å². The van der Waals surface area contributed by atoms with Crippen LogP contribution in [0.3, 0.4) is 0 Å². The van der Waals surface area contributed by atoms with Crippen LogP contribution in [0.4, 0.5) is 5.69 Å². The second kappa shape index (κ2) is 10.4. The van der Waals surface area contributed by atoms with E-state index in [1.54, 1.807) is 39.2 Å². The molecule has 8 heteroatoms. The molecule has 2 aromatic rings. The Morgan fingerprint density at radius 3 is 2.31 bits per heavy atom. The topological polar surface area (TPSA) is 79.0 Å². The molecule has 0 saturated heterocycles. The summed E-state index contributed by atoms with van der Waals surface area (Å²) >= 11 is 0. The van der Waals surface area contributed by atoms with Gasteiger partial charge in [-0.25, -0.2) is 8.42 Å². The van der Waals surface area contributed by atoms with Crippen LogP contribution in [0.2, 0.25) is 0 Å². The van der Waals surface area contributed by atoms with Crippen molar-refractivity contribution in [1.82, 2.24) is 9.21 Å². The highest BCUT2D eigenvalue weighted by molar-refractivity contribution is 7.89. The Hall–Kier alpha value is -2.42. The van der Waals surface area contributed by atoms with E-state index in [-0.39, 0.29) is 17.3 Å². The highest BCUT2D eigenvalue weighted by Crippen LogP contribution is 2.19. The molecule has 158 valence electrons. The Morgan fingerprint density at radius 1 is 1.07 bits per heavy atom. The van der Waals surface area contributed by atoms with E-state index >= 15 is 0 Å². The second-order valence-electron chi connectivity index (χ2n) is 6.69. The zero-order valence-corrected chi connectivity index (χ0v) is 18.2.